The number of carbonyl (C=O) groups is 1. The molecule has 3 atom stereocenters. The lowest BCUT2D eigenvalue weighted by molar-refractivity contribution is -0.131. The van der Waals surface area contributed by atoms with Gasteiger partial charge < -0.3 is 9.64 Å². The maximum absolute atomic E-state index is 13.5. The van der Waals surface area contributed by atoms with Crippen LogP contribution in [-0.4, -0.2) is 12.5 Å². The van der Waals surface area contributed by atoms with Gasteiger partial charge in [0.2, 0.25) is 5.91 Å². The van der Waals surface area contributed by atoms with Crippen molar-refractivity contribution in [3.63, 3.8) is 0 Å². The Morgan fingerprint density at radius 2 is 1.53 bits per heavy atom. The highest BCUT2D eigenvalue weighted by Crippen LogP contribution is 2.46. The Morgan fingerprint density at radius 1 is 0.912 bits per heavy atom. The number of ether oxygens (including phenoxy) is 1. The number of rotatable bonds is 10. The Labute approximate surface area is 200 Å². The van der Waals surface area contributed by atoms with E-state index in [1.807, 2.05) is 19.1 Å². The zero-order valence-corrected chi connectivity index (χ0v) is 19.7. The molecule has 1 heterocycles. The van der Waals surface area contributed by atoms with E-state index in [2.05, 4.69) is 19.1 Å². The molecule has 178 valence electrons. The Bertz CT molecular complexity index is 1080. The largest absolute Gasteiger partial charge is 0.374 e. The monoisotopic (exact) mass is 463 g/mol. The molecule has 1 fully saturated rings. The smallest absolute Gasteiger partial charge is 0.233 e. The summed E-state index contributed by atoms with van der Waals surface area (Å²) in [7, 11) is 0. The molecule has 0 aromatic heterocycles. The molecule has 34 heavy (non-hydrogen) atoms. The lowest BCUT2D eigenvalue weighted by atomic mass is 9.78. The van der Waals surface area contributed by atoms with Crippen LogP contribution >= 0.6 is 0 Å². The fourth-order valence-electron chi connectivity index (χ4n) is 4.59. The highest BCUT2D eigenvalue weighted by atomic mass is 19.1. The predicted octanol–water partition coefficient (Wildman–Crippen LogP) is 7.32. The van der Waals surface area contributed by atoms with Crippen LogP contribution in [0.1, 0.15) is 61.4 Å². The second-order valence-corrected chi connectivity index (χ2v) is 8.99. The van der Waals surface area contributed by atoms with Crippen molar-refractivity contribution < 1.29 is 18.3 Å². The lowest BCUT2D eigenvalue weighted by Crippen LogP contribution is -2.55. The molecule has 3 aromatic rings. The van der Waals surface area contributed by atoms with Crippen molar-refractivity contribution in [1.29, 1.82) is 0 Å². The minimum absolute atomic E-state index is 0.0311. The average molecular weight is 464 g/mol. The first kappa shape index (κ1) is 24.1. The van der Waals surface area contributed by atoms with E-state index in [9.17, 15) is 13.6 Å². The number of hydrogen-bond acceptors (Lipinski definition) is 2. The van der Waals surface area contributed by atoms with Crippen molar-refractivity contribution in [2.24, 2.45) is 5.92 Å². The van der Waals surface area contributed by atoms with Gasteiger partial charge in [0.15, 0.2) is 0 Å². The summed E-state index contributed by atoms with van der Waals surface area (Å²) < 4.78 is 33.1. The van der Waals surface area contributed by atoms with Crippen LogP contribution in [0.2, 0.25) is 0 Å². The van der Waals surface area contributed by atoms with Crippen molar-refractivity contribution in [3.8, 4) is 0 Å². The molecular formula is C29H31F2NO2. The van der Waals surface area contributed by atoms with E-state index in [4.69, 9.17) is 4.74 Å². The molecule has 0 unspecified atom stereocenters. The van der Waals surface area contributed by atoms with E-state index >= 15 is 0 Å². The Balaban J connectivity index is 1.55. The highest BCUT2D eigenvalue weighted by Gasteiger charge is 2.48. The molecule has 1 aliphatic heterocycles. The fourth-order valence-corrected chi connectivity index (χ4v) is 4.59. The first-order valence-electron chi connectivity index (χ1n) is 12.0. The number of carbonyl (C=O) groups excluding carboxylic acids is 1. The molecule has 0 N–H and O–H groups in total. The highest BCUT2D eigenvalue weighted by molar-refractivity contribution is 6.03. The minimum atomic E-state index is -0.327. The normalized spacial score (nSPS) is 18.6. The van der Waals surface area contributed by atoms with Crippen LogP contribution in [-0.2, 0) is 9.53 Å². The van der Waals surface area contributed by atoms with Crippen molar-refractivity contribution >= 4 is 11.6 Å². The van der Waals surface area contributed by atoms with Crippen LogP contribution in [0, 0.1) is 24.5 Å². The number of benzene rings is 3. The number of unbranched alkanes of at least 4 members (excludes halogenated alkanes) is 1. The molecule has 0 spiro atoms. The van der Waals surface area contributed by atoms with Crippen molar-refractivity contribution in [2.75, 3.05) is 11.5 Å². The number of anilines is 1. The van der Waals surface area contributed by atoms with Gasteiger partial charge in [-0.05, 0) is 73.7 Å². The average Bonchev–Trinajstić information content (AvgIpc) is 2.84. The molecule has 1 aliphatic rings. The molecule has 3 aromatic carbocycles. The molecule has 3 nitrogen and oxygen atoms in total. The van der Waals surface area contributed by atoms with E-state index in [1.165, 1.54) is 24.3 Å². The van der Waals surface area contributed by atoms with Crippen LogP contribution in [0.3, 0.4) is 0 Å². The zero-order valence-electron chi connectivity index (χ0n) is 19.7. The van der Waals surface area contributed by atoms with Gasteiger partial charge in [-0.2, -0.15) is 0 Å². The molecule has 5 heteroatoms. The lowest BCUT2D eigenvalue weighted by Gasteiger charge is -2.48. The third-order valence-corrected chi connectivity index (χ3v) is 6.54. The van der Waals surface area contributed by atoms with Crippen LogP contribution in [0.25, 0.3) is 0 Å². The quantitative estimate of drug-likeness (QED) is 0.233. The molecule has 0 radical (unpaired) electrons. The number of β-lactam (4-membered cyclic amide) rings is 1. The Morgan fingerprint density at radius 3 is 2.15 bits per heavy atom. The summed E-state index contributed by atoms with van der Waals surface area (Å²) >= 11 is 0. The zero-order chi connectivity index (χ0) is 24.1. The van der Waals surface area contributed by atoms with Crippen molar-refractivity contribution in [2.45, 2.75) is 51.7 Å². The van der Waals surface area contributed by atoms with Crippen molar-refractivity contribution in [1.82, 2.24) is 0 Å². The third kappa shape index (κ3) is 5.36. The maximum Gasteiger partial charge on any atom is 0.233 e. The molecule has 4 rings (SSSR count). The number of amides is 1. The van der Waals surface area contributed by atoms with Gasteiger partial charge in [-0.15, -0.1) is 0 Å². The van der Waals surface area contributed by atoms with E-state index in [-0.39, 0.29) is 35.6 Å². The Kier molecular flexibility index (Phi) is 7.73. The SMILES string of the molecule is CCCCO[C@@H](CC[C@H]1C(=O)N(c2ccc(F)cc2)[C@@H]1c1ccc(C)cc1)c1ccc(F)cc1. The van der Waals surface area contributed by atoms with Gasteiger partial charge in [0.1, 0.15) is 11.6 Å². The maximum atomic E-state index is 13.5. The summed E-state index contributed by atoms with van der Waals surface area (Å²) in [5, 5.41) is 0. The summed E-state index contributed by atoms with van der Waals surface area (Å²) in [6.07, 6.45) is 3.08. The summed E-state index contributed by atoms with van der Waals surface area (Å²) in [4.78, 5) is 15.1. The third-order valence-electron chi connectivity index (χ3n) is 6.54. The summed E-state index contributed by atoms with van der Waals surface area (Å²) in [6, 6.07) is 20.6. The topological polar surface area (TPSA) is 29.5 Å². The second-order valence-electron chi connectivity index (χ2n) is 8.99. The standard InChI is InChI=1S/C29H31F2NO2/c1-3-4-19-34-27(21-9-11-23(30)12-10-21)18-17-26-28(22-7-5-20(2)6-8-22)32(29(26)33)25-15-13-24(31)14-16-25/h5-16,26-28H,3-4,17-19H2,1-2H3/t26-,27+,28-/m1/s1. The van der Waals surface area contributed by atoms with E-state index in [0.717, 1.165) is 29.5 Å². The molecule has 0 aliphatic carbocycles. The summed E-state index contributed by atoms with van der Waals surface area (Å²) in [5.41, 5.74) is 3.83. The van der Waals surface area contributed by atoms with Crippen LogP contribution in [0.15, 0.2) is 72.8 Å². The molecule has 0 bridgehead atoms. The summed E-state index contributed by atoms with van der Waals surface area (Å²) in [5.74, 6) is -0.778. The van der Waals surface area contributed by atoms with Gasteiger partial charge in [-0.25, -0.2) is 8.78 Å². The molecule has 1 saturated heterocycles. The van der Waals surface area contributed by atoms with Gasteiger partial charge in [-0.3, -0.25) is 4.79 Å². The number of aryl methyl sites for hydroxylation is 1. The number of nitrogens with zero attached hydrogens (tertiary/aromatic N) is 1. The molecule has 0 saturated carbocycles. The van der Waals surface area contributed by atoms with Gasteiger partial charge in [-0.1, -0.05) is 55.3 Å². The van der Waals surface area contributed by atoms with E-state index < -0.39 is 0 Å². The molecular weight excluding hydrogens is 432 g/mol. The first-order chi connectivity index (χ1) is 16.5. The minimum Gasteiger partial charge on any atom is -0.374 e. The van der Waals surface area contributed by atoms with Crippen molar-refractivity contribution in [3.05, 3.63) is 101 Å². The van der Waals surface area contributed by atoms with Gasteiger partial charge in [0.25, 0.3) is 0 Å². The summed E-state index contributed by atoms with van der Waals surface area (Å²) in [6.45, 7) is 4.77. The van der Waals surface area contributed by atoms with Crippen LogP contribution in [0.5, 0.6) is 0 Å². The Hall–Kier alpha value is -3.05. The van der Waals surface area contributed by atoms with Crippen LogP contribution in [0.4, 0.5) is 14.5 Å². The van der Waals surface area contributed by atoms with E-state index in [1.54, 1.807) is 29.2 Å². The fraction of sp³-hybridized carbons (Fsp3) is 0.345. The molecule has 1 amide bonds. The van der Waals surface area contributed by atoms with Gasteiger partial charge in [0.05, 0.1) is 18.1 Å². The van der Waals surface area contributed by atoms with Gasteiger partial charge >= 0.3 is 0 Å². The number of halogens is 2. The van der Waals surface area contributed by atoms with E-state index in [0.29, 0.717) is 25.1 Å². The number of hydrogen-bond donors (Lipinski definition) is 0. The second kappa shape index (κ2) is 10.9. The van der Waals surface area contributed by atoms with Gasteiger partial charge in [0, 0.05) is 12.3 Å². The van der Waals surface area contributed by atoms with Crippen LogP contribution < -0.4 is 4.90 Å². The predicted molar refractivity (Wildman–Crippen MR) is 131 cm³/mol. The first-order valence-corrected chi connectivity index (χ1v) is 12.0.